The first-order chi connectivity index (χ1) is 12.9. The van der Waals surface area contributed by atoms with Gasteiger partial charge in [0.2, 0.25) is 0 Å². The summed E-state index contributed by atoms with van der Waals surface area (Å²) in [6.07, 6.45) is 13.7. The quantitative estimate of drug-likeness (QED) is 0.553. The second-order valence-corrected chi connectivity index (χ2v) is 6.84. The number of rotatable bonds is 4. The molecule has 5 heteroatoms. The van der Waals surface area contributed by atoms with Crippen molar-refractivity contribution >= 4 is 5.52 Å². The molecule has 0 aliphatic carbocycles. The molecule has 1 aliphatic heterocycles. The van der Waals surface area contributed by atoms with Crippen molar-refractivity contribution in [3.63, 3.8) is 0 Å². The third-order valence-electron chi connectivity index (χ3n) is 5.20. The van der Waals surface area contributed by atoms with Crippen molar-refractivity contribution in [1.29, 1.82) is 0 Å². The second kappa shape index (κ2) is 6.42. The average molecular weight is 344 g/mol. The fraction of sp³-hybridized carbons (Fsp3) is 0.238. The third kappa shape index (κ3) is 2.70. The molecule has 4 aromatic rings. The minimum absolute atomic E-state index is 0.360. The van der Waals surface area contributed by atoms with Crippen LogP contribution in [0.2, 0.25) is 0 Å². The molecule has 5 heterocycles. The van der Waals surface area contributed by atoms with E-state index in [0.29, 0.717) is 6.04 Å². The van der Waals surface area contributed by atoms with Gasteiger partial charge in [-0.25, -0.2) is 4.98 Å². The lowest BCUT2D eigenvalue weighted by Crippen LogP contribution is -2.22. The zero-order valence-corrected chi connectivity index (χ0v) is 14.5. The van der Waals surface area contributed by atoms with E-state index in [2.05, 4.69) is 38.7 Å². The fourth-order valence-electron chi connectivity index (χ4n) is 3.92. The van der Waals surface area contributed by atoms with E-state index in [-0.39, 0.29) is 0 Å². The summed E-state index contributed by atoms with van der Waals surface area (Å²) >= 11 is 0. The molecule has 1 atom stereocenters. The van der Waals surface area contributed by atoms with Crippen molar-refractivity contribution in [3.05, 3.63) is 79.0 Å². The molecule has 26 heavy (non-hydrogen) atoms. The number of imidazole rings is 1. The predicted octanol–water partition coefficient (Wildman–Crippen LogP) is 4.33. The normalized spacial score (nSPS) is 17.9. The van der Waals surface area contributed by atoms with Gasteiger partial charge in [0.05, 0.1) is 36.1 Å². The number of aromatic nitrogens is 3. The van der Waals surface area contributed by atoms with E-state index < -0.39 is 0 Å². The highest BCUT2D eigenvalue weighted by molar-refractivity contribution is 5.66. The molecule has 130 valence electrons. The lowest BCUT2D eigenvalue weighted by molar-refractivity contribution is 0.245. The first-order valence-electron chi connectivity index (χ1n) is 9.00. The summed E-state index contributed by atoms with van der Waals surface area (Å²) in [5.41, 5.74) is 5.84. The molecule has 4 aromatic heterocycles. The topological polar surface area (TPSA) is 46.6 Å². The summed E-state index contributed by atoms with van der Waals surface area (Å²) in [7, 11) is 0. The van der Waals surface area contributed by atoms with Crippen LogP contribution in [0.15, 0.2) is 72.2 Å². The second-order valence-electron chi connectivity index (χ2n) is 6.84. The molecular formula is C21H20N4O. The highest BCUT2D eigenvalue weighted by atomic mass is 16.3. The number of hydrogen-bond donors (Lipinski definition) is 0. The summed E-state index contributed by atoms with van der Waals surface area (Å²) in [4.78, 5) is 11.5. The molecule has 0 spiro atoms. The highest BCUT2D eigenvalue weighted by Gasteiger charge is 2.29. The summed E-state index contributed by atoms with van der Waals surface area (Å²) < 4.78 is 7.36. The van der Waals surface area contributed by atoms with Gasteiger partial charge in [-0.3, -0.25) is 9.88 Å². The van der Waals surface area contributed by atoms with Gasteiger partial charge >= 0.3 is 0 Å². The van der Waals surface area contributed by atoms with Gasteiger partial charge < -0.3 is 8.82 Å². The fourth-order valence-corrected chi connectivity index (χ4v) is 3.92. The van der Waals surface area contributed by atoms with Crippen LogP contribution in [0.4, 0.5) is 0 Å². The average Bonchev–Trinajstić information content (AvgIpc) is 3.43. The van der Waals surface area contributed by atoms with Crippen molar-refractivity contribution in [2.24, 2.45) is 0 Å². The Balaban J connectivity index is 1.47. The van der Waals surface area contributed by atoms with Crippen LogP contribution >= 0.6 is 0 Å². The van der Waals surface area contributed by atoms with Crippen LogP contribution in [-0.4, -0.2) is 25.8 Å². The van der Waals surface area contributed by atoms with Crippen molar-refractivity contribution in [1.82, 2.24) is 19.3 Å². The zero-order chi connectivity index (χ0) is 17.3. The number of fused-ring (bicyclic) bond motifs is 1. The van der Waals surface area contributed by atoms with E-state index in [1.165, 1.54) is 23.2 Å². The molecule has 0 saturated carbocycles. The van der Waals surface area contributed by atoms with E-state index >= 15 is 0 Å². The zero-order valence-electron chi connectivity index (χ0n) is 14.5. The van der Waals surface area contributed by atoms with Gasteiger partial charge in [-0.1, -0.05) is 12.1 Å². The SMILES string of the molecule is c1cncc(-c2ccc3c([C@@H]4CCCN4Cc4ccoc4)ncn3c2)c1. The highest BCUT2D eigenvalue weighted by Crippen LogP contribution is 2.35. The predicted molar refractivity (Wildman–Crippen MR) is 99.5 cm³/mol. The van der Waals surface area contributed by atoms with Crippen molar-refractivity contribution in [2.45, 2.75) is 25.4 Å². The van der Waals surface area contributed by atoms with Crippen molar-refractivity contribution in [2.75, 3.05) is 6.54 Å². The Hall–Kier alpha value is -2.92. The van der Waals surface area contributed by atoms with Crippen LogP contribution in [0.3, 0.4) is 0 Å². The Morgan fingerprint density at radius 1 is 1.15 bits per heavy atom. The molecular weight excluding hydrogens is 324 g/mol. The molecule has 0 N–H and O–H groups in total. The minimum atomic E-state index is 0.360. The standard InChI is InChI=1S/C21H20N4O/c1-3-17(11-22-8-1)18-5-6-20-21(23-15-25(20)13-18)19-4-2-9-24(19)12-16-7-10-26-14-16/h1,3,5-8,10-11,13-15,19H,2,4,9,12H2/t19-/m0/s1. The molecule has 0 aromatic carbocycles. The van der Waals surface area contributed by atoms with Gasteiger partial charge in [0, 0.05) is 36.3 Å². The molecule has 1 saturated heterocycles. The van der Waals surface area contributed by atoms with E-state index in [1.54, 1.807) is 12.5 Å². The Morgan fingerprint density at radius 2 is 2.15 bits per heavy atom. The van der Waals surface area contributed by atoms with Crippen LogP contribution in [0.1, 0.15) is 30.1 Å². The number of hydrogen-bond acceptors (Lipinski definition) is 4. The van der Waals surface area contributed by atoms with Crippen LogP contribution in [-0.2, 0) is 6.54 Å². The maximum Gasteiger partial charge on any atom is 0.0996 e. The first kappa shape index (κ1) is 15.3. The lowest BCUT2D eigenvalue weighted by atomic mass is 10.1. The first-order valence-corrected chi connectivity index (χ1v) is 9.00. The van der Waals surface area contributed by atoms with Gasteiger partial charge in [-0.15, -0.1) is 0 Å². The Bertz CT molecular complexity index is 1010. The summed E-state index contributed by atoms with van der Waals surface area (Å²) in [5, 5.41) is 0. The van der Waals surface area contributed by atoms with Crippen LogP contribution in [0.5, 0.6) is 0 Å². The molecule has 1 aliphatic rings. The largest absolute Gasteiger partial charge is 0.472 e. The summed E-state index contributed by atoms with van der Waals surface area (Å²) in [5.74, 6) is 0. The van der Waals surface area contributed by atoms with Gasteiger partial charge in [0.1, 0.15) is 0 Å². The molecule has 0 amide bonds. The summed E-state index contributed by atoms with van der Waals surface area (Å²) in [6.45, 7) is 2.01. The van der Waals surface area contributed by atoms with Crippen molar-refractivity contribution in [3.8, 4) is 11.1 Å². The van der Waals surface area contributed by atoms with Crippen LogP contribution in [0.25, 0.3) is 16.6 Å². The van der Waals surface area contributed by atoms with Crippen molar-refractivity contribution < 1.29 is 4.42 Å². The lowest BCUT2D eigenvalue weighted by Gasteiger charge is -2.22. The Morgan fingerprint density at radius 3 is 3.00 bits per heavy atom. The maximum absolute atomic E-state index is 5.22. The van der Waals surface area contributed by atoms with E-state index in [9.17, 15) is 0 Å². The van der Waals surface area contributed by atoms with E-state index in [0.717, 1.165) is 30.6 Å². The van der Waals surface area contributed by atoms with E-state index in [4.69, 9.17) is 9.40 Å². The third-order valence-corrected chi connectivity index (χ3v) is 5.20. The van der Waals surface area contributed by atoms with Gasteiger partial charge in [-0.05, 0) is 43.1 Å². The molecule has 0 unspecified atom stereocenters. The molecule has 0 radical (unpaired) electrons. The Labute approximate surface area is 151 Å². The number of likely N-dealkylation sites (tertiary alicyclic amines) is 1. The van der Waals surface area contributed by atoms with Crippen LogP contribution in [0, 0.1) is 0 Å². The number of pyridine rings is 2. The molecule has 5 nitrogen and oxygen atoms in total. The maximum atomic E-state index is 5.22. The van der Waals surface area contributed by atoms with Gasteiger partial charge in [-0.2, -0.15) is 0 Å². The van der Waals surface area contributed by atoms with Gasteiger partial charge in [0.25, 0.3) is 0 Å². The molecule has 0 bridgehead atoms. The summed E-state index contributed by atoms with van der Waals surface area (Å²) in [6, 6.07) is 10.8. The van der Waals surface area contributed by atoms with Gasteiger partial charge in [0.15, 0.2) is 0 Å². The molecule has 5 rings (SSSR count). The molecule has 1 fully saturated rings. The monoisotopic (exact) mass is 344 g/mol. The Kier molecular flexibility index (Phi) is 3.79. The number of furan rings is 1. The van der Waals surface area contributed by atoms with Crippen LogP contribution < -0.4 is 0 Å². The van der Waals surface area contributed by atoms with E-state index in [1.807, 2.05) is 30.9 Å². The minimum Gasteiger partial charge on any atom is -0.472 e. The smallest absolute Gasteiger partial charge is 0.0996 e. The number of nitrogens with zero attached hydrogens (tertiary/aromatic N) is 4.